The van der Waals surface area contributed by atoms with Gasteiger partial charge in [-0.25, -0.2) is 0 Å². The van der Waals surface area contributed by atoms with Crippen LogP contribution in [0, 0.1) is 0 Å². The molecule has 0 atom stereocenters. The smallest absolute Gasteiger partial charge is 0.0651 e. The Morgan fingerprint density at radius 2 is 1.43 bits per heavy atom. The van der Waals surface area contributed by atoms with Crippen molar-refractivity contribution >= 4 is 0 Å². The summed E-state index contributed by atoms with van der Waals surface area (Å²) < 4.78 is 0. The maximum atomic E-state index is 10.2. The van der Waals surface area contributed by atoms with Crippen LogP contribution >= 0.6 is 0 Å². The molecule has 0 aromatic rings. The molecule has 0 spiro atoms. The van der Waals surface area contributed by atoms with Gasteiger partial charge in [0.1, 0.15) is 0 Å². The van der Waals surface area contributed by atoms with Crippen molar-refractivity contribution in [3.05, 3.63) is 24.3 Å². The fourth-order valence-corrected chi connectivity index (χ4v) is 1.37. The lowest BCUT2D eigenvalue weighted by Gasteiger charge is -2.27. The molecule has 0 rings (SSSR count). The average molecular weight is 196 g/mol. The lowest BCUT2D eigenvalue weighted by atomic mass is 9.87. The highest BCUT2D eigenvalue weighted by atomic mass is 16.3. The number of hydrogen-bond acceptors (Lipinski definition) is 1. The monoisotopic (exact) mass is 196 g/mol. The molecular formula is C13H24O. The first kappa shape index (κ1) is 13.4. The summed E-state index contributed by atoms with van der Waals surface area (Å²) in [6.45, 7) is 13.8. The summed E-state index contributed by atoms with van der Waals surface area (Å²) in [5, 5.41) is 10.2. The van der Waals surface area contributed by atoms with E-state index < -0.39 is 5.60 Å². The zero-order valence-electron chi connectivity index (χ0n) is 9.90. The molecule has 0 aliphatic heterocycles. The van der Waals surface area contributed by atoms with Gasteiger partial charge in [0.15, 0.2) is 0 Å². The van der Waals surface area contributed by atoms with Crippen LogP contribution in [0.1, 0.15) is 52.9 Å². The predicted octanol–water partition coefficient (Wildman–Crippen LogP) is 3.84. The Morgan fingerprint density at radius 3 is 1.64 bits per heavy atom. The van der Waals surface area contributed by atoms with Crippen LogP contribution in [0.25, 0.3) is 0 Å². The van der Waals surface area contributed by atoms with Gasteiger partial charge in [-0.2, -0.15) is 0 Å². The SMILES string of the molecule is C=C(C)CCC(O)(CC)CCC(=C)C. The van der Waals surface area contributed by atoms with Gasteiger partial charge >= 0.3 is 0 Å². The van der Waals surface area contributed by atoms with Crippen molar-refractivity contribution in [3.8, 4) is 0 Å². The van der Waals surface area contributed by atoms with E-state index in [0.29, 0.717) is 0 Å². The van der Waals surface area contributed by atoms with E-state index in [-0.39, 0.29) is 0 Å². The number of hydrogen-bond donors (Lipinski definition) is 1. The molecule has 0 radical (unpaired) electrons. The third-order valence-corrected chi connectivity index (χ3v) is 2.69. The van der Waals surface area contributed by atoms with Crippen LogP contribution in [0.15, 0.2) is 24.3 Å². The molecule has 0 aromatic carbocycles. The van der Waals surface area contributed by atoms with Gasteiger partial charge in [-0.15, -0.1) is 13.2 Å². The highest BCUT2D eigenvalue weighted by Crippen LogP contribution is 2.26. The van der Waals surface area contributed by atoms with Gasteiger partial charge in [-0.3, -0.25) is 0 Å². The quantitative estimate of drug-likeness (QED) is 0.613. The number of aliphatic hydroxyl groups is 1. The molecule has 0 saturated heterocycles. The minimum Gasteiger partial charge on any atom is -0.390 e. The normalized spacial score (nSPS) is 11.4. The maximum absolute atomic E-state index is 10.2. The fourth-order valence-electron chi connectivity index (χ4n) is 1.37. The second kappa shape index (κ2) is 6.02. The van der Waals surface area contributed by atoms with Crippen LogP contribution in [-0.2, 0) is 0 Å². The third kappa shape index (κ3) is 5.98. The molecule has 82 valence electrons. The van der Waals surface area contributed by atoms with Gasteiger partial charge < -0.3 is 5.11 Å². The zero-order chi connectivity index (χ0) is 11.2. The van der Waals surface area contributed by atoms with Crippen molar-refractivity contribution in [2.45, 2.75) is 58.5 Å². The highest BCUT2D eigenvalue weighted by molar-refractivity contribution is 4.95. The predicted molar refractivity (Wildman–Crippen MR) is 63.3 cm³/mol. The Kier molecular flexibility index (Phi) is 5.78. The molecular weight excluding hydrogens is 172 g/mol. The zero-order valence-corrected chi connectivity index (χ0v) is 9.90. The van der Waals surface area contributed by atoms with E-state index in [1.54, 1.807) is 0 Å². The summed E-state index contributed by atoms with van der Waals surface area (Å²) in [5.74, 6) is 0. The molecule has 14 heavy (non-hydrogen) atoms. The molecule has 1 N–H and O–H groups in total. The molecule has 0 aliphatic rings. The Labute approximate surface area is 88.5 Å². The molecule has 0 bridgehead atoms. The highest BCUT2D eigenvalue weighted by Gasteiger charge is 2.23. The molecule has 1 heteroatoms. The summed E-state index contributed by atoms with van der Waals surface area (Å²) in [4.78, 5) is 0. The number of allylic oxidation sites excluding steroid dienone is 2. The van der Waals surface area contributed by atoms with Gasteiger partial charge in [-0.05, 0) is 46.0 Å². The van der Waals surface area contributed by atoms with E-state index in [0.717, 1.165) is 43.3 Å². The summed E-state index contributed by atoms with van der Waals surface area (Å²) >= 11 is 0. The second-order valence-corrected chi connectivity index (χ2v) is 4.49. The minimum absolute atomic E-state index is 0.516. The van der Waals surface area contributed by atoms with Gasteiger partial charge in [0.25, 0.3) is 0 Å². The summed E-state index contributed by atoms with van der Waals surface area (Å²) in [6.07, 6.45) is 4.30. The van der Waals surface area contributed by atoms with Gasteiger partial charge in [0.2, 0.25) is 0 Å². The average Bonchev–Trinajstić information content (AvgIpc) is 2.11. The van der Waals surface area contributed by atoms with E-state index in [1.807, 2.05) is 20.8 Å². The molecule has 0 aromatic heterocycles. The lowest BCUT2D eigenvalue weighted by Crippen LogP contribution is -2.27. The Morgan fingerprint density at radius 1 is 1.07 bits per heavy atom. The Balaban J connectivity index is 4.03. The molecule has 0 saturated carbocycles. The van der Waals surface area contributed by atoms with Gasteiger partial charge in [0.05, 0.1) is 5.60 Å². The van der Waals surface area contributed by atoms with E-state index in [2.05, 4.69) is 13.2 Å². The first-order valence-electron chi connectivity index (χ1n) is 5.41. The van der Waals surface area contributed by atoms with Crippen LogP contribution in [-0.4, -0.2) is 10.7 Å². The van der Waals surface area contributed by atoms with E-state index in [4.69, 9.17) is 0 Å². The summed E-state index contributed by atoms with van der Waals surface area (Å²) in [7, 11) is 0. The number of rotatable bonds is 7. The van der Waals surface area contributed by atoms with E-state index >= 15 is 0 Å². The van der Waals surface area contributed by atoms with Crippen molar-refractivity contribution in [3.63, 3.8) is 0 Å². The molecule has 0 fully saturated rings. The largest absolute Gasteiger partial charge is 0.390 e. The van der Waals surface area contributed by atoms with Crippen molar-refractivity contribution in [2.24, 2.45) is 0 Å². The first-order valence-corrected chi connectivity index (χ1v) is 5.41. The van der Waals surface area contributed by atoms with E-state index in [1.165, 1.54) is 0 Å². The van der Waals surface area contributed by atoms with Crippen LogP contribution in [0.5, 0.6) is 0 Å². The van der Waals surface area contributed by atoms with Gasteiger partial charge in [0, 0.05) is 0 Å². The van der Waals surface area contributed by atoms with Crippen LogP contribution < -0.4 is 0 Å². The van der Waals surface area contributed by atoms with Crippen molar-refractivity contribution in [1.29, 1.82) is 0 Å². The minimum atomic E-state index is -0.516. The van der Waals surface area contributed by atoms with Crippen molar-refractivity contribution in [2.75, 3.05) is 0 Å². The lowest BCUT2D eigenvalue weighted by molar-refractivity contribution is 0.0195. The van der Waals surface area contributed by atoms with Crippen LogP contribution in [0.2, 0.25) is 0 Å². The molecule has 0 aliphatic carbocycles. The Hall–Kier alpha value is -0.560. The third-order valence-electron chi connectivity index (χ3n) is 2.69. The first-order chi connectivity index (χ1) is 6.39. The van der Waals surface area contributed by atoms with Crippen LogP contribution in [0.3, 0.4) is 0 Å². The van der Waals surface area contributed by atoms with Crippen molar-refractivity contribution in [1.82, 2.24) is 0 Å². The van der Waals surface area contributed by atoms with Crippen molar-refractivity contribution < 1.29 is 5.11 Å². The Bertz CT molecular complexity index is 185. The van der Waals surface area contributed by atoms with E-state index in [9.17, 15) is 5.11 Å². The molecule has 0 heterocycles. The maximum Gasteiger partial charge on any atom is 0.0651 e. The molecule has 0 unspecified atom stereocenters. The summed E-state index contributed by atoms with van der Waals surface area (Å²) in [6, 6.07) is 0. The van der Waals surface area contributed by atoms with Gasteiger partial charge in [-0.1, -0.05) is 18.1 Å². The fraction of sp³-hybridized carbons (Fsp3) is 0.692. The summed E-state index contributed by atoms with van der Waals surface area (Å²) in [5.41, 5.74) is 1.78. The topological polar surface area (TPSA) is 20.2 Å². The standard InChI is InChI=1S/C13H24O/c1-6-13(14,9-7-11(2)3)10-8-12(4)5/h14H,2,4,6-10H2,1,3,5H3. The second-order valence-electron chi connectivity index (χ2n) is 4.49. The van der Waals surface area contributed by atoms with Crippen LogP contribution in [0.4, 0.5) is 0 Å². The molecule has 0 amide bonds. The molecule has 1 nitrogen and oxygen atoms in total.